The van der Waals surface area contributed by atoms with Crippen molar-refractivity contribution in [3.63, 3.8) is 0 Å². The molecule has 1 fully saturated rings. The van der Waals surface area contributed by atoms with Crippen LogP contribution < -0.4 is 5.32 Å². The first kappa shape index (κ1) is 18.7. The van der Waals surface area contributed by atoms with Crippen LogP contribution >= 0.6 is 11.6 Å². The largest absolute Gasteiger partial charge is 0.354 e. The Hall–Kier alpha value is -1.62. The summed E-state index contributed by atoms with van der Waals surface area (Å²) in [4.78, 5) is 27.0. The van der Waals surface area contributed by atoms with Crippen molar-refractivity contribution in [3.8, 4) is 0 Å². The number of benzene rings is 1. The van der Waals surface area contributed by atoms with E-state index in [4.69, 9.17) is 11.6 Å². The van der Waals surface area contributed by atoms with E-state index in [1.54, 1.807) is 30.9 Å². The molecule has 1 N–H and O–H groups in total. The molecule has 1 aromatic rings. The lowest BCUT2D eigenvalue weighted by Gasteiger charge is -2.35. The zero-order chi connectivity index (χ0) is 17.7. The Morgan fingerprint density at radius 3 is 2.62 bits per heavy atom. The van der Waals surface area contributed by atoms with Gasteiger partial charge >= 0.3 is 0 Å². The Balaban J connectivity index is 2.31. The fourth-order valence-corrected chi connectivity index (χ4v) is 2.89. The van der Waals surface area contributed by atoms with Gasteiger partial charge in [0.15, 0.2) is 0 Å². The first-order chi connectivity index (χ1) is 11.3. The van der Waals surface area contributed by atoms with E-state index in [0.717, 1.165) is 18.4 Å². The SMILES string of the molecule is CC(C)(CCl)C(=O)N(Cc1ccc(F)cc1)C1CCCCNC1=O. The number of rotatable bonds is 5. The van der Waals surface area contributed by atoms with Crippen LogP contribution in [-0.4, -0.2) is 35.2 Å². The number of nitrogens with one attached hydrogen (secondary N) is 1. The molecule has 1 aliphatic rings. The van der Waals surface area contributed by atoms with Crippen molar-refractivity contribution in [2.24, 2.45) is 5.41 Å². The summed E-state index contributed by atoms with van der Waals surface area (Å²) in [6.07, 6.45) is 2.40. The zero-order valence-corrected chi connectivity index (χ0v) is 14.9. The normalized spacial score (nSPS) is 18.7. The van der Waals surface area contributed by atoms with E-state index in [1.165, 1.54) is 12.1 Å². The van der Waals surface area contributed by atoms with Crippen molar-refractivity contribution >= 4 is 23.4 Å². The molecule has 0 aromatic heterocycles. The highest BCUT2D eigenvalue weighted by Gasteiger charge is 2.38. The molecule has 2 rings (SSSR count). The molecule has 24 heavy (non-hydrogen) atoms. The smallest absolute Gasteiger partial charge is 0.242 e. The summed E-state index contributed by atoms with van der Waals surface area (Å²) in [6, 6.07) is 5.47. The predicted molar refractivity (Wildman–Crippen MR) is 92.1 cm³/mol. The molecular weight excluding hydrogens is 331 g/mol. The van der Waals surface area contributed by atoms with Crippen molar-refractivity contribution in [2.45, 2.75) is 45.7 Å². The molecule has 1 aliphatic heterocycles. The van der Waals surface area contributed by atoms with Gasteiger partial charge in [0.05, 0.1) is 5.41 Å². The summed E-state index contributed by atoms with van der Waals surface area (Å²) in [6.45, 7) is 4.44. The van der Waals surface area contributed by atoms with E-state index in [9.17, 15) is 14.0 Å². The third-order valence-corrected chi connectivity index (χ3v) is 4.99. The topological polar surface area (TPSA) is 49.4 Å². The van der Waals surface area contributed by atoms with Gasteiger partial charge in [-0.25, -0.2) is 4.39 Å². The molecule has 1 saturated heterocycles. The van der Waals surface area contributed by atoms with Gasteiger partial charge in [-0.1, -0.05) is 12.1 Å². The molecule has 1 aromatic carbocycles. The standard InChI is InChI=1S/C18H24ClFN2O2/c1-18(2,12-19)17(24)22(11-13-6-8-14(20)9-7-13)15-5-3-4-10-21-16(15)23/h6-9,15H,3-5,10-12H2,1-2H3,(H,21,23). The summed E-state index contributed by atoms with van der Waals surface area (Å²) in [7, 11) is 0. The number of nitrogens with zero attached hydrogens (tertiary/aromatic N) is 1. The van der Waals surface area contributed by atoms with Crippen LogP contribution in [-0.2, 0) is 16.1 Å². The number of carbonyl (C=O) groups is 2. The lowest BCUT2D eigenvalue weighted by Crippen LogP contribution is -2.52. The number of amides is 2. The first-order valence-electron chi connectivity index (χ1n) is 8.24. The minimum atomic E-state index is -0.770. The van der Waals surface area contributed by atoms with Crippen LogP contribution in [0.2, 0.25) is 0 Å². The summed E-state index contributed by atoms with van der Waals surface area (Å²) < 4.78 is 13.1. The second-order valence-electron chi connectivity index (χ2n) is 6.88. The van der Waals surface area contributed by atoms with Gasteiger partial charge < -0.3 is 10.2 Å². The second-order valence-corrected chi connectivity index (χ2v) is 7.15. The van der Waals surface area contributed by atoms with Crippen LogP contribution in [0, 0.1) is 11.2 Å². The molecule has 132 valence electrons. The monoisotopic (exact) mass is 354 g/mol. The molecule has 0 saturated carbocycles. The van der Waals surface area contributed by atoms with Gasteiger partial charge in [-0.15, -0.1) is 11.6 Å². The number of hydrogen-bond acceptors (Lipinski definition) is 2. The van der Waals surface area contributed by atoms with Gasteiger partial charge in [0, 0.05) is 19.0 Å². The number of alkyl halides is 1. The maximum atomic E-state index is 13.1. The number of hydrogen-bond donors (Lipinski definition) is 1. The Morgan fingerprint density at radius 1 is 1.33 bits per heavy atom. The third kappa shape index (κ3) is 4.47. The van der Waals surface area contributed by atoms with Crippen molar-refractivity contribution in [3.05, 3.63) is 35.6 Å². The summed E-state index contributed by atoms with van der Waals surface area (Å²) >= 11 is 5.97. The Kier molecular flexibility index (Phi) is 6.21. The Morgan fingerprint density at radius 2 is 2.00 bits per heavy atom. The molecule has 1 heterocycles. The van der Waals surface area contributed by atoms with E-state index < -0.39 is 11.5 Å². The first-order valence-corrected chi connectivity index (χ1v) is 8.78. The average Bonchev–Trinajstić information content (AvgIpc) is 2.78. The van der Waals surface area contributed by atoms with E-state index in [0.29, 0.717) is 13.0 Å². The van der Waals surface area contributed by atoms with Gasteiger partial charge in [0.25, 0.3) is 0 Å². The van der Waals surface area contributed by atoms with Gasteiger partial charge in [-0.05, 0) is 50.8 Å². The third-order valence-electron chi connectivity index (χ3n) is 4.32. The fourth-order valence-electron chi connectivity index (χ4n) is 2.78. The highest BCUT2D eigenvalue weighted by molar-refractivity contribution is 6.19. The molecule has 6 heteroatoms. The van der Waals surface area contributed by atoms with E-state index in [1.807, 2.05) is 0 Å². The fraction of sp³-hybridized carbons (Fsp3) is 0.556. The van der Waals surface area contributed by atoms with Gasteiger partial charge in [0.2, 0.25) is 11.8 Å². The molecule has 0 aliphatic carbocycles. The second kappa shape index (κ2) is 7.97. The predicted octanol–water partition coefficient (Wildman–Crippen LogP) is 3.09. The molecular formula is C18H24ClFN2O2. The molecule has 2 amide bonds. The van der Waals surface area contributed by atoms with Crippen LogP contribution in [0.5, 0.6) is 0 Å². The maximum Gasteiger partial charge on any atom is 0.242 e. The van der Waals surface area contributed by atoms with Gasteiger partial charge in [-0.2, -0.15) is 0 Å². The Labute approximate surface area is 147 Å². The molecule has 0 spiro atoms. The number of halogens is 2. The summed E-state index contributed by atoms with van der Waals surface area (Å²) in [5, 5.41) is 2.87. The van der Waals surface area contributed by atoms with Crippen molar-refractivity contribution < 1.29 is 14.0 Å². The lowest BCUT2D eigenvalue weighted by molar-refractivity contribution is -0.147. The number of carbonyl (C=O) groups excluding carboxylic acids is 2. The summed E-state index contributed by atoms with van der Waals surface area (Å²) in [5.41, 5.74) is 0.0147. The highest BCUT2D eigenvalue weighted by Crippen LogP contribution is 2.26. The van der Waals surface area contributed by atoms with Crippen LogP contribution in [0.3, 0.4) is 0 Å². The molecule has 4 nitrogen and oxygen atoms in total. The average molecular weight is 355 g/mol. The quantitative estimate of drug-likeness (QED) is 0.826. The molecule has 0 bridgehead atoms. The van der Waals surface area contributed by atoms with Crippen molar-refractivity contribution in [1.29, 1.82) is 0 Å². The van der Waals surface area contributed by atoms with E-state index in [-0.39, 0.29) is 30.1 Å². The Bertz CT molecular complexity index is 589. The van der Waals surface area contributed by atoms with E-state index in [2.05, 4.69) is 5.32 Å². The van der Waals surface area contributed by atoms with Crippen molar-refractivity contribution in [2.75, 3.05) is 12.4 Å². The zero-order valence-electron chi connectivity index (χ0n) is 14.1. The minimum Gasteiger partial charge on any atom is -0.354 e. The van der Waals surface area contributed by atoms with E-state index >= 15 is 0 Å². The molecule has 1 unspecified atom stereocenters. The van der Waals surface area contributed by atoms with Gasteiger partial charge in [-0.3, -0.25) is 9.59 Å². The maximum absolute atomic E-state index is 13.1. The summed E-state index contributed by atoms with van der Waals surface area (Å²) in [5.74, 6) is -0.456. The van der Waals surface area contributed by atoms with Crippen LogP contribution in [0.4, 0.5) is 4.39 Å². The van der Waals surface area contributed by atoms with Crippen molar-refractivity contribution in [1.82, 2.24) is 10.2 Å². The minimum absolute atomic E-state index is 0.131. The molecule has 1 atom stereocenters. The van der Waals surface area contributed by atoms with Crippen LogP contribution in [0.15, 0.2) is 24.3 Å². The van der Waals surface area contributed by atoms with Gasteiger partial charge in [0.1, 0.15) is 11.9 Å². The van der Waals surface area contributed by atoms with Crippen LogP contribution in [0.1, 0.15) is 38.7 Å². The lowest BCUT2D eigenvalue weighted by atomic mass is 9.92. The molecule has 0 radical (unpaired) electrons. The highest BCUT2D eigenvalue weighted by atomic mass is 35.5. The van der Waals surface area contributed by atoms with Crippen LogP contribution in [0.25, 0.3) is 0 Å².